The third-order valence-corrected chi connectivity index (χ3v) is 6.97. The lowest BCUT2D eigenvalue weighted by atomic mass is 9.64. The van der Waals surface area contributed by atoms with Gasteiger partial charge in [-0.1, -0.05) is 49.7 Å². The van der Waals surface area contributed by atoms with Crippen molar-refractivity contribution in [1.82, 2.24) is 4.90 Å². The number of benzene rings is 2. The highest BCUT2D eigenvalue weighted by atomic mass is 16.6. The molecule has 3 unspecified atom stereocenters. The van der Waals surface area contributed by atoms with Crippen LogP contribution in [0.4, 0.5) is 0 Å². The number of carboxylic acids is 1. The Kier molecular flexibility index (Phi) is 5.62. The van der Waals surface area contributed by atoms with Crippen LogP contribution in [0.5, 0.6) is 5.75 Å². The molecule has 4 rings (SSSR count). The summed E-state index contributed by atoms with van der Waals surface area (Å²) >= 11 is 0. The van der Waals surface area contributed by atoms with E-state index in [1.165, 1.54) is 6.07 Å². The number of carbonyl (C=O) groups excluding carboxylic acids is 1. The van der Waals surface area contributed by atoms with Crippen LogP contribution in [0.1, 0.15) is 65.8 Å². The number of carbonyl (C=O) groups is 2. The summed E-state index contributed by atoms with van der Waals surface area (Å²) in [6, 6.07) is 13.1. The van der Waals surface area contributed by atoms with Crippen molar-refractivity contribution in [3.8, 4) is 5.75 Å². The number of aromatic carboxylic acids is 1. The monoisotopic (exact) mass is 423 g/mol. The molecule has 2 aromatic carbocycles. The zero-order chi connectivity index (χ0) is 22.2. The number of ether oxygens (including phenoxy) is 1. The number of aliphatic hydroxyl groups is 1. The fourth-order valence-electron chi connectivity index (χ4n) is 5.34. The van der Waals surface area contributed by atoms with Gasteiger partial charge < -0.3 is 14.9 Å². The average Bonchev–Trinajstić information content (AvgIpc) is 2.79. The van der Waals surface area contributed by atoms with E-state index in [1.807, 2.05) is 13.0 Å². The van der Waals surface area contributed by atoms with Gasteiger partial charge in [0.2, 0.25) is 5.79 Å². The van der Waals surface area contributed by atoms with Crippen molar-refractivity contribution < 1.29 is 24.5 Å². The first-order chi connectivity index (χ1) is 14.8. The van der Waals surface area contributed by atoms with Crippen LogP contribution < -0.4 is 4.74 Å². The van der Waals surface area contributed by atoms with Crippen molar-refractivity contribution in [1.29, 1.82) is 0 Å². The minimum absolute atomic E-state index is 0.0719. The van der Waals surface area contributed by atoms with Crippen LogP contribution in [0.3, 0.4) is 0 Å². The highest BCUT2D eigenvalue weighted by Crippen LogP contribution is 2.54. The number of hydrogen-bond acceptors (Lipinski definition) is 5. The molecule has 6 heteroatoms. The molecule has 1 saturated heterocycles. The van der Waals surface area contributed by atoms with Crippen LogP contribution in [0.15, 0.2) is 48.5 Å². The Morgan fingerprint density at radius 1 is 1.10 bits per heavy atom. The van der Waals surface area contributed by atoms with E-state index >= 15 is 0 Å². The van der Waals surface area contributed by atoms with Crippen LogP contribution in [0.2, 0.25) is 0 Å². The molecule has 2 aliphatic rings. The van der Waals surface area contributed by atoms with E-state index in [0.717, 1.165) is 32.4 Å². The van der Waals surface area contributed by atoms with Crippen LogP contribution in [0.25, 0.3) is 0 Å². The molecular weight excluding hydrogens is 394 g/mol. The van der Waals surface area contributed by atoms with Crippen LogP contribution >= 0.6 is 0 Å². The second-order valence-electron chi connectivity index (χ2n) is 8.65. The van der Waals surface area contributed by atoms with Crippen LogP contribution in [-0.4, -0.2) is 46.0 Å². The minimum Gasteiger partial charge on any atom is -0.478 e. The Bertz CT molecular complexity index is 985. The van der Waals surface area contributed by atoms with Gasteiger partial charge in [-0.2, -0.15) is 0 Å². The summed E-state index contributed by atoms with van der Waals surface area (Å²) in [5.41, 5.74) is -0.816. The molecule has 0 aromatic heterocycles. The molecule has 1 fully saturated rings. The number of ketones is 1. The molecular formula is C25H29NO5. The Morgan fingerprint density at radius 2 is 1.77 bits per heavy atom. The second-order valence-corrected chi connectivity index (χ2v) is 8.65. The first-order valence-corrected chi connectivity index (χ1v) is 11.0. The predicted octanol–water partition coefficient (Wildman–Crippen LogP) is 4.08. The fraction of sp³-hybridized carbons (Fsp3) is 0.440. The van der Waals surface area contributed by atoms with Crippen LogP contribution in [0, 0.1) is 5.41 Å². The summed E-state index contributed by atoms with van der Waals surface area (Å²) in [5.74, 6) is -3.58. The number of carboxylic acid groups (broad SMARTS) is 1. The molecule has 0 spiro atoms. The van der Waals surface area contributed by atoms with Gasteiger partial charge in [0, 0.05) is 11.6 Å². The van der Waals surface area contributed by atoms with Gasteiger partial charge in [0.05, 0.1) is 5.56 Å². The molecule has 2 aromatic rings. The quantitative estimate of drug-likeness (QED) is 0.754. The molecule has 0 radical (unpaired) electrons. The fourth-order valence-corrected chi connectivity index (χ4v) is 5.34. The summed E-state index contributed by atoms with van der Waals surface area (Å²) in [5, 5.41) is 21.8. The normalized spacial score (nSPS) is 27.3. The molecule has 0 saturated carbocycles. The summed E-state index contributed by atoms with van der Waals surface area (Å²) in [4.78, 5) is 28.2. The van der Waals surface area contributed by atoms with Crippen molar-refractivity contribution in [3.63, 3.8) is 0 Å². The number of nitrogens with zero attached hydrogens (tertiary/aromatic N) is 1. The van der Waals surface area contributed by atoms with E-state index in [1.54, 1.807) is 43.3 Å². The maximum atomic E-state index is 14.1. The number of likely N-dealkylation sites (tertiary alicyclic amines) is 1. The van der Waals surface area contributed by atoms with Crippen molar-refractivity contribution in [2.45, 2.75) is 51.4 Å². The first-order valence-electron chi connectivity index (χ1n) is 11.0. The lowest BCUT2D eigenvalue weighted by Crippen LogP contribution is -2.65. The Morgan fingerprint density at radius 3 is 2.39 bits per heavy atom. The van der Waals surface area contributed by atoms with Crippen molar-refractivity contribution in [3.05, 3.63) is 65.2 Å². The van der Waals surface area contributed by atoms with Gasteiger partial charge in [-0.3, -0.25) is 9.69 Å². The van der Waals surface area contributed by atoms with Crippen molar-refractivity contribution in [2.75, 3.05) is 13.1 Å². The maximum absolute atomic E-state index is 14.1. The maximum Gasteiger partial charge on any atom is 0.339 e. The predicted molar refractivity (Wildman–Crippen MR) is 116 cm³/mol. The number of piperidine rings is 1. The van der Waals surface area contributed by atoms with E-state index in [4.69, 9.17) is 4.74 Å². The van der Waals surface area contributed by atoms with Crippen molar-refractivity contribution in [2.24, 2.45) is 5.41 Å². The summed E-state index contributed by atoms with van der Waals surface area (Å²) in [6.45, 7) is 5.50. The third-order valence-electron chi connectivity index (χ3n) is 6.97. The standard InChI is InChI=1S/C25H29NO5/c1-3-20(26-15-8-5-9-16-26)24(2)22(27)18-13-10-14-19(23(28)29)21(18)31-25(24,30)17-11-6-4-7-12-17/h4,6-7,10-14,20,30H,3,5,8-9,15-16H2,1-2H3,(H,28,29). The average molecular weight is 424 g/mol. The molecule has 0 amide bonds. The molecule has 31 heavy (non-hydrogen) atoms. The van der Waals surface area contributed by atoms with Gasteiger partial charge in [0.25, 0.3) is 0 Å². The number of rotatable bonds is 5. The highest BCUT2D eigenvalue weighted by molar-refractivity contribution is 6.08. The van der Waals surface area contributed by atoms with E-state index in [9.17, 15) is 19.8 Å². The van der Waals surface area contributed by atoms with E-state index in [-0.39, 0.29) is 28.7 Å². The second kappa shape index (κ2) is 8.09. The number of Topliss-reactive ketones (excluding diaryl/α,β-unsaturated/α-hetero) is 1. The van der Waals surface area contributed by atoms with Crippen LogP contribution in [-0.2, 0) is 5.79 Å². The van der Waals surface area contributed by atoms with E-state index < -0.39 is 17.2 Å². The van der Waals surface area contributed by atoms with Crippen molar-refractivity contribution >= 4 is 11.8 Å². The zero-order valence-electron chi connectivity index (χ0n) is 18.0. The lowest BCUT2D eigenvalue weighted by Gasteiger charge is -2.53. The zero-order valence-corrected chi connectivity index (χ0v) is 18.0. The molecule has 6 nitrogen and oxygen atoms in total. The van der Waals surface area contributed by atoms with E-state index in [0.29, 0.717) is 12.0 Å². The summed E-state index contributed by atoms with van der Waals surface area (Å²) < 4.78 is 6.18. The highest BCUT2D eigenvalue weighted by Gasteiger charge is 2.64. The topological polar surface area (TPSA) is 87.1 Å². The molecule has 0 aliphatic carbocycles. The van der Waals surface area contributed by atoms with Gasteiger partial charge in [0.1, 0.15) is 16.7 Å². The molecule has 2 aliphatic heterocycles. The number of fused-ring (bicyclic) bond motifs is 1. The smallest absolute Gasteiger partial charge is 0.339 e. The van der Waals surface area contributed by atoms with Gasteiger partial charge in [-0.05, 0) is 51.4 Å². The van der Waals surface area contributed by atoms with Gasteiger partial charge in [0.15, 0.2) is 5.78 Å². The third kappa shape index (κ3) is 3.25. The minimum atomic E-state index is -2.01. The van der Waals surface area contributed by atoms with Gasteiger partial charge >= 0.3 is 5.97 Å². The largest absolute Gasteiger partial charge is 0.478 e. The van der Waals surface area contributed by atoms with Gasteiger partial charge in [-0.15, -0.1) is 0 Å². The van der Waals surface area contributed by atoms with E-state index in [2.05, 4.69) is 4.90 Å². The summed E-state index contributed by atoms with van der Waals surface area (Å²) in [7, 11) is 0. The number of hydrogen-bond donors (Lipinski definition) is 2. The molecule has 164 valence electrons. The van der Waals surface area contributed by atoms with Gasteiger partial charge in [-0.25, -0.2) is 4.79 Å². The molecule has 0 bridgehead atoms. The number of para-hydroxylation sites is 1. The SMILES string of the molecule is CCC(N1CCCCC1)C1(C)C(=O)c2cccc(C(=O)O)c2OC1(O)c1ccccc1. The Labute approximate surface area is 182 Å². The summed E-state index contributed by atoms with van der Waals surface area (Å²) in [6.07, 6.45) is 3.90. The lowest BCUT2D eigenvalue weighted by molar-refractivity contribution is -0.234. The molecule has 3 atom stereocenters. The first kappa shape index (κ1) is 21.5. The Hall–Kier alpha value is -2.70. The Balaban J connectivity index is 1.95. The molecule has 2 N–H and O–H groups in total. The molecule has 2 heterocycles.